The Balaban J connectivity index is 2.40. The highest BCUT2D eigenvalue weighted by atomic mass is 35.5. The van der Waals surface area contributed by atoms with Crippen molar-refractivity contribution in [1.29, 1.82) is 0 Å². The molecule has 0 aliphatic heterocycles. The lowest BCUT2D eigenvalue weighted by Crippen LogP contribution is -2.09. The number of halogens is 1. The van der Waals surface area contributed by atoms with Gasteiger partial charge in [-0.3, -0.25) is 10.1 Å². The van der Waals surface area contributed by atoms with Gasteiger partial charge in [0, 0.05) is 17.3 Å². The van der Waals surface area contributed by atoms with Gasteiger partial charge in [-0.1, -0.05) is 29.8 Å². The summed E-state index contributed by atoms with van der Waals surface area (Å²) in [7, 11) is -3.52. The van der Waals surface area contributed by atoms with E-state index in [4.69, 9.17) is 11.6 Å². The Morgan fingerprint density at radius 2 is 1.87 bits per heavy atom. The number of nitrogens with one attached hydrogen (secondary N) is 1. The molecule has 0 bridgehead atoms. The Kier molecular flexibility index (Phi) is 4.91. The highest BCUT2D eigenvalue weighted by Gasteiger charge is 2.20. The van der Waals surface area contributed by atoms with Crippen molar-refractivity contribution >= 4 is 32.8 Å². The Bertz CT molecular complexity index is 852. The van der Waals surface area contributed by atoms with Crippen molar-refractivity contribution in [3.05, 3.63) is 63.2 Å². The van der Waals surface area contributed by atoms with Crippen LogP contribution < -0.4 is 5.32 Å². The van der Waals surface area contributed by atoms with E-state index in [2.05, 4.69) is 5.32 Å². The molecular formula is C15H15ClN2O4S. The topological polar surface area (TPSA) is 89.3 Å². The third kappa shape index (κ3) is 4.00. The summed E-state index contributed by atoms with van der Waals surface area (Å²) >= 11 is 6.12. The molecule has 0 radical (unpaired) electrons. The molecule has 0 amide bonds. The maximum atomic E-state index is 11.5. The van der Waals surface area contributed by atoms with Gasteiger partial charge < -0.3 is 5.32 Å². The molecule has 0 unspecified atom stereocenters. The van der Waals surface area contributed by atoms with E-state index in [1.165, 1.54) is 12.1 Å². The first-order valence-corrected chi connectivity index (χ1v) is 8.96. The fourth-order valence-corrected chi connectivity index (χ4v) is 3.09. The number of hydrogen-bond acceptors (Lipinski definition) is 5. The molecule has 1 N–H and O–H groups in total. The van der Waals surface area contributed by atoms with E-state index in [-0.39, 0.29) is 22.3 Å². The number of nitrogens with zero attached hydrogens (tertiary/aromatic N) is 1. The molecule has 0 saturated carbocycles. The van der Waals surface area contributed by atoms with Crippen LogP contribution >= 0.6 is 11.6 Å². The SMILES string of the molecule is C[C@H](Nc1ccc(S(C)(=O)=O)cc1[N+](=O)[O-])c1ccccc1Cl. The lowest BCUT2D eigenvalue weighted by Gasteiger charge is -2.17. The van der Waals surface area contributed by atoms with E-state index < -0.39 is 14.8 Å². The van der Waals surface area contributed by atoms with Gasteiger partial charge in [-0.25, -0.2) is 8.42 Å². The molecule has 0 aliphatic rings. The van der Waals surface area contributed by atoms with Crippen molar-refractivity contribution in [3.63, 3.8) is 0 Å². The number of rotatable bonds is 5. The maximum absolute atomic E-state index is 11.5. The Labute approximate surface area is 139 Å². The van der Waals surface area contributed by atoms with Crippen molar-refractivity contribution in [2.75, 3.05) is 11.6 Å². The average molecular weight is 355 g/mol. The monoisotopic (exact) mass is 354 g/mol. The van der Waals surface area contributed by atoms with Gasteiger partial charge in [-0.05, 0) is 30.7 Å². The summed E-state index contributed by atoms with van der Waals surface area (Å²) in [6, 6.07) is 10.7. The lowest BCUT2D eigenvalue weighted by atomic mass is 10.1. The van der Waals surface area contributed by atoms with Crippen LogP contribution in [0, 0.1) is 10.1 Å². The van der Waals surface area contributed by atoms with Crippen molar-refractivity contribution < 1.29 is 13.3 Å². The number of hydrogen-bond donors (Lipinski definition) is 1. The smallest absolute Gasteiger partial charge is 0.293 e. The van der Waals surface area contributed by atoms with Crippen LogP contribution in [0.1, 0.15) is 18.5 Å². The van der Waals surface area contributed by atoms with Gasteiger partial charge in [0.05, 0.1) is 15.9 Å². The molecule has 0 spiro atoms. The third-order valence-electron chi connectivity index (χ3n) is 3.34. The van der Waals surface area contributed by atoms with Gasteiger partial charge >= 0.3 is 0 Å². The van der Waals surface area contributed by atoms with Gasteiger partial charge in [0.25, 0.3) is 5.69 Å². The lowest BCUT2D eigenvalue weighted by molar-refractivity contribution is -0.384. The van der Waals surface area contributed by atoms with Crippen LogP contribution in [0.5, 0.6) is 0 Å². The first-order chi connectivity index (χ1) is 10.7. The van der Waals surface area contributed by atoms with E-state index >= 15 is 0 Å². The first kappa shape index (κ1) is 17.2. The van der Waals surface area contributed by atoms with Crippen LogP contribution in [0.3, 0.4) is 0 Å². The van der Waals surface area contributed by atoms with Crippen LogP contribution in [0.25, 0.3) is 0 Å². The quantitative estimate of drug-likeness (QED) is 0.651. The minimum Gasteiger partial charge on any atom is -0.373 e. The number of nitro benzene ring substituents is 1. The molecule has 2 rings (SSSR count). The molecule has 2 aromatic rings. The van der Waals surface area contributed by atoms with E-state index in [1.54, 1.807) is 12.1 Å². The van der Waals surface area contributed by atoms with E-state index in [0.717, 1.165) is 17.9 Å². The zero-order valence-corrected chi connectivity index (χ0v) is 14.1. The van der Waals surface area contributed by atoms with Crippen molar-refractivity contribution in [2.24, 2.45) is 0 Å². The molecule has 0 heterocycles. The van der Waals surface area contributed by atoms with Crippen LogP contribution in [0.15, 0.2) is 47.4 Å². The second-order valence-electron chi connectivity index (χ2n) is 5.10. The highest BCUT2D eigenvalue weighted by molar-refractivity contribution is 7.90. The van der Waals surface area contributed by atoms with Crippen LogP contribution in [-0.2, 0) is 9.84 Å². The van der Waals surface area contributed by atoms with Crippen LogP contribution in [0.4, 0.5) is 11.4 Å². The molecular weight excluding hydrogens is 340 g/mol. The van der Waals surface area contributed by atoms with Crippen LogP contribution in [0.2, 0.25) is 5.02 Å². The fourth-order valence-electron chi connectivity index (χ4n) is 2.15. The summed E-state index contributed by atoms with van der Waals surface area (Å²) in [5.74, 6) is 0. The van der Waals surface area contributed by atoms with Gasteiger partial charge in [0.15, 0.2) is 9.84 Å². The van der Waals surface area contributed by atoms with Crippen molar-refractivity contribution in [2.45, 2.75) is 17.9 Å². The minimum atomic E-state index is -3.52. The molecule has 0 saturated heterocycles. The molecule has 2 aromatic carbocycles. The normalized spacial score (nSPS) is 12.7. The summed E-state index contributed by atoms with van der Waals surface area (Å²) in [5.41, 5.74) is 0.720. The van der Waals surface area contributed by atoms with Crippen LogP contribution in [-0.4, -0.2) is 19.6 Å². The summed E-state index contributed by atoms with van der Waals surface area (Å²) < 4.78 is 23.1. The largest absolute Gasteiger partial charge is 0.373 e. The standard InChI is InChI=1S/C15H15ClN2O4S/c1-10(12-5-3-4-6-13(12)16)17-14-8-7-11(23(2,21)22)9-15(14)18(19)20/h3-10,17H,1-2H3/t10-/m0/s1. The number of anilines is 1. The van der Waals surface area contributed by atoms with Gasteiger partial charge in [0.2, 0.25) is 0 Å². The first-order valence-electron chi connectivity index (χ1n) is 6.69. The third-order valence-corrected chi connectivity index (χ3v) is 4.79. The molecule has 0 aliphatic carbocycles. The van der Waals surface area contributed by atoms with Gasteiger partial charge in [-0.15, -0.1) is 0 Å². The average Bonchev–Trinajstić information content (AvgIpc) is 2.46. The highest BCUT2D eigenvalue weighted by Crippen LogP contribution is 2.32. The molecule has 1 atom stereocenters. The molecule has 0 aromatic heterocycles. The minimum absolute atomic E-state index is 0.0971. The number of benzene rings is 2. The van der Waals surface area contributed by atoms with E-state index in [9.17, 15) is 18.5 Å². The Hall–Kier alpha value is -2.12. The summed E-state index contributed by atoms with van der Waals surface area (Å²) in [6.07, 6.45) is 1.01. The fraction of sp³-hybridized carbons (Fsp3) is 0.200. The van der Waals surface area contributed by atoms with Gasteiger partial charge in [-0.2, -0.15) is 0 Å². The molecule has 0 fully saturated rings. The van der Waals surface area contributed by atoms with E-state index in [0.29, 0.717) is 5.02 Å². The van der Waals surface area contributed by atoms with Crippen molar-refractivity contribution in [3.8, 4) is 0 Å². The zero-order chi connectivity index (χ0) is 17.2. The van der Waals surface area contributed by atoms with Crippen molar-refractivity contribution in [1.82, 2.24) is 0 Å². The second-order valence-corrected chi connectivity index (χ2v) is 7.52. The molecule has 8 heteroatoms. The van der Waals surface area contributed by atoms with E-state index in [1.807, 2.05) is 19.1 Å². The maximum Gasteiger partial charge on any atom is 0.293 e. The second kappa shape index (κ2) is 6.55. The Morgan fingerprint density at radius 1 is 1.22 bits per heavy atom. The summed E-state index contributed by atoms with van der Waals surface area (Å²) in [6.45, 7) is 1.81. The van der Waals surface area contributed by atoms with Gasteiger partial charge in [0.1, 0.15) is 5.69 Å². The summed E-state index contributed by atoms with van der Waals surface area (Å²) in [4.78, 5) is 10.5. The predicted octanol–water partition coefficient (Wildman–Crippen LogP) is 3.82. The number of sulfone groups is 1. The summed E-state index contributed by atoms with van der Waals surface area (Å²) in [5, 5.41) is 14.8. The Morgan fingerprint density at radius 3 is 2.43 bits per heavy atom. The molecule has 6 nitrogen and oxygen atoms in total. The zero-order valence-electron chi connectivity index (χ0n) is 12.5. The predicted molar refractivity (Wildman–Crippen MR) is 89.7 cm³/mol. The molecule has 23 heavy (non-hydrogen) atoms. The number of nitro groups is 1. The molecule has 122 valence electrons.